The molecule has 0 saturated carbocycles. The number of pyridine rings is 1. The zero-order valence-electron chi connectivity index (χ0n) is 20.3. The molecule has 0 radical (unpaired) electrons. The number of phenols is 1. The molecule has 2 bridgehead atoms. The van der Waals surface area contributed by atoms with E-state index in [0.29, 0.717) is 5.82 Å². The number of halogens is 2. The molecule has 7 nitrogen and oxygen atoms in total. The number of aromatic hydroxyl groups is 1. The topological polar surface area (TPSA) is 83.3 Å². The number of rotatable bonds is 4. The third-order valence-electron chi connectivity index (χ3n) is 7.62. The first-order valence-electron chi connectivity index (χ1n) is 11.7. The van der Waals surface area contributed by atoms with E-state index in [0.717, 1.165) is 31.7 Å². The fourth-order valence-electron chi connectivity index (χ4n) is 5.71. The molecule has 1 aromatic carbocycles. The van der Waals surface area contributed by atoms with Gasteiger partial charge in [0.25, 0.3) is 5.56 Å². The quantitative estimate of drug-likeness (QED) is 0.586. The Morgan fingerprint density at radius 3 is 2.37 bits per heavy atom. The maximum absolute atomic E-state index is 15.1. The molecule has 2 aliphatic rings. The van der Waals surface area contributed by atoms with Crippen molar-refractivity contribution in [1.82, 2.24) is 20.1 Å². The molecule has 2 saturated heterocycles. The Morgan fingerprint density at radius 1 is 1.09 bits per heavy atom. The van der Waals surface area contributed by atoms with Gasteiger partial charge in [0.05, 0.1) is 11.3 Å². The third kappa shape index (κ3) is 4.07. The van der Waals surface area contributed by atoms with Crippen molar-refractivity contribution in [3.05, 3.63) is 58.5 Å². The van der Waals surface area contributed by atoms with Crippen molar-refractivity contribution >= 4 is 5.82 Å². The molecule has 0 spiro atoms. The lowest BCUT2D eigenvalue weighted by atomic mass is 9.84. The van der Waals surface area contributed by atoms with Gasteiger partial charge in [0.1, 0.15) is 5.75 Å². The van der Waals surface area contributed by atoms with Crippen LogP contribution < -0.4 is 15.8 Å². The zero-order valence-corrected chi connectivity index (χ0v) is 20.3. The molecular formula is C26H29F2N5O2. The summed E-state index contributed by atoms with van der Waals surface area (Å²) in [5, 5.41) is 22.7. The molecule has 2 aromatic heterocycles. The minimum atomic E-state index is -1.24. The van der Waals surface area contributed by atoms with Gasteiger partial charge in [-0.1, -0.05) is 0 Å². The van der Waals surface area contributed by atoms with Crippen LogP contribution in [-0.4, -0.2) is 44.0 Å². The van der Waals surface area contributed by atoms with Crippen LogP contribution in [0.3, 0.4) is 0 Å². The van der Waals surface area contributed by atoms with Gasteiger partial charge >= 0.3 is 0 Å². The third-order valence-corrected chi connectivity index (χ3v) is 7.62. The van der Waals surface area contributed by atoms with Gasteiger partial charge in [-0.2, -0.15) is 0 Å². The van der Waals surface area contributed by atoms with Gasteiger partial charge in [0.15, 0.2) is 17.5 Å². The van der Waals surface area contributed by atoms with E-state index in [-0.39, 0.29) is 45.1 Å². The van der Waals surface area contributed by atoms with Crippen molar-refractivity contribution in [1.29, 1.82) is 0 Å². The van der Waals surface area contributed by atoms with Gasteiger partial charge in [0, 0.05) is 49.0 Å². The SMILES string of the molecule is CN(c1ccc(-c2c(O)cc(-c3ccn(C)c(=O)c3)c(F)c2F)nn1)C1C[C@]2(C)CC[C@](C)(C1)N2. The van der Waals surface area contributed by atoms with Crippen LogP contribution >= 0.6 is 0 Å². The van der Waals surface area contributed by atoms with E-state index in [9.17, 15) is 14.3 Å². The standard InChI is InChI=1S/C26H29F2N5O2/c1-25-8-9-26(2,31-25)14-16(13-25)33(4)20-6-5-18(29-30-20)22-19(34)12-17(23(27)24(22)28)15-7-10-32(3)21(35)11-15/h5-7,10-12,16,31,34H,8-9,13-14H2,1-4H3/t16?,25-,26+. The van der Waals surface area contributed by atoms with Crippen LogP contribution in [0.25, 0.3) is 22.4 Å². The highest BCUT2D eigenvalue weighted by atomic mass is 19.2. The zero-order chi connectivity index (χ0) is 25.1. The summed E-state index contributed by atoms with van der Waals surface area (Å²) in [5.74, 6) is -2.26. The number of aryl methyl sites for hydroxylation is 1. The van der Waals surface area contributed by atoms with Crippen molar-refractivity contribution in [2.45, 2.75) is 56.7 Å². The number of hydrogen-bond acceptors (Lipinski definition) is 6. The van der Waals surface area contributed by atoms with Crippen LogP contribution in [0, 0.1) is 11.6 Å². The number of hydrogen-bond donors (Lipinski definition) is 2. The summed E-state index contributed by atoms with van der Waals surface area (Å²) in [4.78, 5) is 14.0. The maximum atomic E-state index is 15.1. The summed E-state index contributed by atoms with van der Waals surface area (Å²) >= 11 is 0. The van der Waals surface area contributed by atoms with Crippen LogP contribution in [0.1, 0.15) is 39.5 Å². The molecule has 2 aliphatic heterocycles. The van der Waals surface area contributed by atoms with Crippen molar-refractivity contribution in [2.24, 2.45) is 7.05 Å². The smallest absolute Gasteiger partial charge is 0.250 e. The highest BCUT2D eigenvalue weighted by Gasteiger charge is 2.49. The molecule has 2 fully saturated rings. The molecule has 3 aromatic rings. The summed E-state index contributed by atoms with van der Waals surface area (Å²) in [6, 6.07) is 7.30. The molecule has 5 rings (SSSR count). The average molecular weight is 482 g/mol. The number of piperidine rings is 1. The number of benzene rings is 1. The Hall–Kier alpha value is -3.33. The van der Waals surface area contributed by atoms with Gasteiger partial charge < -0.3 is 19.9 Å². The first-order chi connectivity index (χ1) is 16.5. The number of phenolic OH excluding ortho intramolecular Hbond substituents is 1. The van der Waals surface area contributed by atoms with E-state index >= 15 is 4.39 Å². The molecule has 2 N–H and O–H groups in total. The van der Waals surface area contributed by atoms with Crippen molar-refractivity contribution in [3.63, 3.8) is 0 Å². The minimum Gasteiger partial charge on any atom is -0.507 e. The predicted octanol–water partition coefficient (Wildman–Crippen LogP) is 3.99. The van der Waals surface area contributed by atoms with Gasteiger partial charge in [-0.25, -0.2) is 8.78 Å². The Labute approximate surface area is 202 Å². The van der Waals surface area contributed by atoms with E-state index < -0.39 is 17.4 Å². The average Bonchev–Trinajstić information content (AvgIpc) is 3.04. The summed E-state index contributed by atoms with van der Waals surface area (Å²) in [7, 11) is 3.53. The molecular weight excluding hydrogens is 452 g/mol. The monoisotopic (exact) mass is 481 g/mol. The van der Waals surface area contributed by atoms with Crippen LogP contribution in [0.5, 0.6) is 5.75 Å². The molecule has 35 heavy (non-hydrogen) atoms. The second-order valence-electron chi connectivity index (χ2n) is 10.5. The summed E-state index contributed by atoms with van der Waals surface area (Å²) < 4.78 is 31.4. The van der Waals surface area contributed by atoms with Crippen LogP contribution in [-0.2, 0) is 7.05 Å². The van der Waals surface area contributed by atoms with Crippen molar-refractivity contribution < 1.29 is 13.9 Å². The normalized spacial score (nSPS) is 25.6. The Morgan fingerprint density at radius 2 is 1.77 bits per heavy atom. The number of aromatic nitrogens is 3. The van der Waals surface area contributed by atoms with E-state index in [2.05, 4.69) is 34.3 Å². The first-order valence-corrected chi connectivity index (χ1v) is 11.7. The van der Waals surface area contributed by atoms with Gasteiger partial charge in [-0.05, 0) is 69.4 Å². The summed E-state index contributed by atoms with van der Waals surface area (Å²) in [5.41, 5.74) is -0.553. The van der Waals surface area contributed by atoms with E-state index in [4.69, 9.17) is 0 Å². The van der Waals surface area contributed by atoms with Gasteiger partial charge in [-0.3, -0.25) is 4.79 Å². The Balaban J connectivity index is 1.44. The predicted molar refractivity (Wildman–Crippen MR) is 130 cm³/mol. The van der Waals surface area contributed by atoms with Crippen LogP contribution in [0.4, 0.5) is 14.6 Å². The fraction of sp³-hybridized carbons (Fsp3) is 0.423. The summed E-state index contributed by atoms with van der Waals surface area (Å²) in [6.45, 7) is 4.51. The molecule has 9 heteroatoms. The Kier molecular flexibility index (Phi) is 5.43. The fourth-order valence-corrected chi connectivity index (χ4v) is 5.71. The first kappa shape index (κ1) is 23.4. The lowest BCUT2D eigenvalue weighted by Gasteiger charge is -2.45. The molecule has 3 atom stereocenters. The lowest BCUT2D eigenvalue weighted by Crippen LogP contribution is -2.58. The molecule has 1 unspecified atom stereocenters. The maximum Gasteiger partial charge on any atom is 0.250 e. The van der Waals surface area contributed by atoms with Crippen molar-refractivity contribution in [3.8, 4) is 28.1 Å². The van der Waals surface area contributed by atoms with E-state index in [1.54, 1.807) is 13.1 Å². The lowest BCUT2D eigenvalue weighted by molar-refractivity contribution is 0.207. The van der Waals surface area contributed by atoms with Crippen LogP contribution in [0.2, 0.25) is 0 Å². The Bertz CT molecular complexity index is 1340. The van der Waals surface area contributed by atoms with Crippen LogP contribution in [0.15, 0.2) is 41.3 Å². The largest absolute Gasteiger partial charge is 0.507 e. The highest BCUT2D eigenvalue weighted by molar-refractivity contribution is 5.75. The molecule has 4 heterocycles. The second kappa shape index (κ2) is 8.12. The number of fused-ring (bicyclic) bond motifs is 2. The summed E-state index contributed by atoms with van der Waals surface area (Å²) in [6.07, 6.45) is 5.68. The second-order valence-corrected chi connectivity index (χ2v) is 10.5. The molecule has 0 amide bonds. The molecule has 0 aliphatic carbocycles. The number of anilines is 1. The minimum absolute atomic E-state index is 0.0240. The van der Waals surface area contributed by atoms with Crippen molar-refractivity contribution in [2.75, 3.05) is 11.9 Å². The van der Waals surface area contributed by atoms with E-state index in [1.807, 2.05) is 7.05 Å². The molecule has 184 valence electrons. The van der Waals surface area contributed by atoms with Gasteiger partial charge in [0.2, 0.25) is 0 Å². The highest BCUT2D eigenvalue weighted by Crippen LogP contribution is 2.44. The van der Waals surface area contributed by atoms with E-state index in [1.165, 1.54) is 29.0 Å². The number of nitrogens with zero attached hydrogens (tertiary/aromatic N) is 4. The van der Waals surface area contributed by atoms with Gasteiger partial charge in [-0.15, -0.1) is 10.2 Å². The number of nitrogens with one attached hydrogen (secondary N) is 1.